The van der Waals surface area contributed by atoms with Crippen molar-refractivity contribution in [3.8, 4) is 0 Å². The van der Waals surface area contributed by atoms with Crippen molar-refractivity contribution in [1.29, 1.82) is 0 Å². The molecule has 0 heterocycles. The first-order valence-corrected chi connectivity index (χ1v) is 7.18. The first-order chi connectivity index (χ1) is 9.16. The Labute approximate surface area is 122 Å². The molecule has 0 spiro atoms. The van der Waals surface area contributed by atoms with Gasteiger partial charge in [-0.2, -0.15) is 0 Å². The lowest BCUT2D eigenvalue weighted by molar-refractivity contribution is 0.530. The van der Waals surface area contributed by atoms with Gasteiger partial charge in [0.05, 0.1) is 0 Å². The van der Waals surface area contributed by atoms with E-state index in [-0.39, 0.29) is 11.9 Å². The molecule has 2 aromatic rings. The third-order valence-corrected chi connectivity index (χ3v) is 3.62. The number of rotatable bonds is 5. The van der Waals surface area contributed by atoms with E-state index in [0.29, 0.717) is 5.56 Å². The lowest BCUT2D eigenvalue weighted by atomic mass is 10.1. The number of benzene rings is 2. The summed E-state index contributed by atoms with van der Waals surface area (Å²) in [6, 6.07) is 15.3. The average molecular weight is 322 g/mol. The van der Waals surface area contributed by atoms with E-state index in [1.807, 2.05) is 31.2 Å². The molecule has 100 valence electrons. The second-order valence-electron chi connectivity index (χ2n) is 4.58. The van der Waals surface area contributed by atoms with Crippen molar-refractivity contribution in [2.24, 2.45) is 0 Å². The SMILES string of the molecule is CC(NCCc1ccccc1)c1cc(Br)ccc1F. The van der Waals surface area contributed by atoms with E-state index in [2.05, 4.69) is 33.4 Å². The minimum atomic E-state index is -0.164. The van der Waals surface area contributed by atoms with Crippen LogP contribution < -0.4 is 5.32 Å². The van der Waals surface area contributed by atoms with Crippen LogP contribution in [0.4, 0.5) is 4.39 Å². The first kappa shape index (κ1) is 14.2. The van der Waals surface area contributed by atoms with Gasteiger partial charge in [0.25, 0.3) is 0 Å². The van der Waals surface area contributed by atoms with Crippen LogP contribution in [0.2, 0.25) is 0 Å². The van der Waals surface area contributed by atoms with E-state index in [4.69, 9.17) is 0 Å². The van der Waals surface area contributed by atoms with Crippen LogP contribution in [0.15, 0.2) is 53.0 Å². The van der Waals surface area contributed by atoms with Gasteiger partial charge in [0, 0.05) is 16.1 Å². The molecule has 0 amide bonds. The molecule has 1 nitrogen and oxygen atoms in total. The van der Waals surface area contributed by atoms with Crippen LogP contribution >= 0.6 is 15.9 Å². The Bertz CT molecular complexity index is 528. The molecule has 1 unspecified atom stereocenters. The van der Waals surface area contributed by atoms with Crippen molar-refractivity contribution < 1.29 is 4.39 Å². The molecule has 0 bridgehead atoms. The van der Waals surface area contributed by atoms with E-state index >= 15 is 0 Å². The highest BCUT2D eigenvalue weighted by Gasteiger charge is 2.10. The van der Waals surface area contributed by atoms with Gasteiger partial charge in [0.15, 0.2) is 0 Å². The molecule has 0 aliphatic heterocycles. The third-order valence-electron chi connectivity index (χ3n) is 3.13. The molecule has 0 aliphatic carbocycles. The Morgan fingerprint density at radius 2 is 1.89 bits per heavy atom. The fraction of sp³-hybridized carbons (Fsp3) is 0.250. The zero-order valence-electron chi connectivity index (χ0n) is 10.9. The average Bonchev–Trinajstić information content (AvgIpc) is 2.42. The number of halogens is 2. The number of hydrogen-bond acceptors (Lipinski definition) is 1. The van der Waals surface area contributed by atoms with Crippen LogP contribution in [-0.4, -0.2) is 6.54 Å². The maximum Gasteiger partial charge on any atom is 0.128 e. The summed E-state index contributed by atoms with van der Waals surface area (Å²) in [5, 5.41) is 3.35. The van der Waals surface area contributed by atoms with Gasteiger partial charge in [-0.05, 0) is 43.7 Å². The molecule has 0 radical (unpaired) electrons. The molecule has 1 atom stereocenters. The maximum absolute atomic E-state index is 13.7. The molecular formula is C16H17BrFN. The van der Waals surface area contributed by atoms with Gasteiger partial charge in [-0.1, -0.05) is 46.3 Å². The van der Waals surface area contributed by atoms with E-state index < -0.39 is 0 Å². The van der Waals surface area contributed by atoms with Gasteiger partial charge in [-0.3, -0.25) is 0 Å². The standard InChI is InChI=1S/C16H17BrFN/c1-12(15-11-14(17)7-8-16(15)18)19-10-9-13-5-3-2-4-6-13/h2-8,11-12,19H,9-10H2,1H3. The Morgan fingerprint density at radius 1 is 1.16 bits per heavy atom. The molecule has 19 heavy (non-hydrogen) atoms. The zero-order chi connectivity index (χ0) is 13.7. The quantitative estimate of drug-likeness (QED) is 0.856. The van der Waals surface area contributed by atoms with Crippen LogP contribution in [0.25, 0.3) is 0 Å². The van der Waals surface area contributed by atoms with Gasteiger partial charge in [0.1, 0.15) is 5.82 Å². The zero-order valence-corrected chi connectivity index (χ0v) is 12.5. The molecule has 2 rings (SSSR count). The second kappa shape index (κ2) is 6.83. The minimum absolute atomic E-state index is 0.00112. The Morgan fingerprint density at radius 3 is 2.63 bits per heavy atom. The van der Waals surface area contributed by atoms with Gasteiger partial charge in [-0.25, -0.2) is 4.39 Å². The van der Waals surface area contributed by atoms with E-state index in [1.54, 1.807) is 6.07 Å². The number of nitrogens with one attached hydrogen (secondary N) is 1. The predicted octanol–water partition coefficient (Wildman–Crippen LogP) is 4.48. The molecule has 0 aromatic heterocycles. The molecule has 0 saturated heterocycles. The minimum Gasteiger partial charge on any atom is -0.310 e. The summed E-state index contributed by atoms with van der Waals surface area (Å²) in [5.41, 5.74) is 1.99. The van der Waals surface area contributed by atoms with Gasteiger partial charge < -0.3 is 5.32 Å². The van der Waals surface area contributed by atoms with Crippen molar-refractivity contribution in [1.82, 2.24) is 5.32 Å². The topological polar surface area (TPSA) is 12.0 Å². The van der Waals surface area contributed by atoms with Crippen molar-refractivity contribution >= 4 is 15.9 Å². The molecule has 2 aromatic carbocycles. The third kappa shape index (κ3) is 4.15. The highest BCUT2D eigenvalue weighted by molar-refractivity contribution is 9.10. The lowest BCUT2D eigenvalue weighted by Gasteiger charge is -2.15. The van der Waals surface area contributed by atoms with Crippen LogP contribution in [0.5, 0.6) is 0 Å². The van der Waals surface area contributed by atoms with E-state index in [1.165, 1.54) is 11.6 Å². The first-order valence-electron chi connectivity index (χ1n) is 6.39. The summed E-state index contributed by atoms with van der Waals surface area (Å²) in [4.78, 5) is 0. The fourth-order valence-corrected chi connectivity index (χ4v) is 2.41. The van der Waals surface area contributed by atoms with Crippen LogP contribution in [-0.2, 0) is 6.42 Å². The van der Waals surface area contributed by atoms with Crippen molar-refractivity contribution in [3.63, 3.8) is 0 Å². The Hall–Kier alpha value is -1.19. The highest BCUT2D eigenvalue weighted by atomic mass is 79.9. The molecule has 3 heteroatoms. The summed E-state index contributed by atoms with van der Waals surface area (Å²) in [6.45, 7) is 2.81. The normalized spacial score (nSPS) is 12.4. The Balaban J connectivity index is 1.91. The number of hydrogen-bond donors (Lipinski definition) is 1. The molecule has 0 aliphatic rings. The summed E-state index contributed by atoms with van der Waals surface area (Å²) < 4.78 is 14.6. The van der Waals surface area contributed by atoms with Crippen LogP contribution in [0.1, 0.15) is 24.1 Å². The highest BCUT2D eigenvalue weighted by Crippen LogP contribution is 2.21. The van der Waals surface area contributed by atoms with Gasteiger partial charge in [-0.15, -0.1) is 0 Å². The summed E-state index contributed by atoms with van der Waals surface area (Å²) >= 11 is 3.38. The molecule has 0 fully saturated rings. The van der Waals surface area contributed by atoms with Crippen molar-refractivity contribution in [2.45, 2.75) is 19.4 Å². The van der Waals surface area contributed by atoms with Crippen LogP contribution in [0.3, 0.4) is 0 Å². The largest absolute Gasteiger partial charge is 0.310 e. The van der Waals surface area contributed by atoms with E-state index in [9.17, 15) is 4.39 Å². The second-order valence-corrected chi connectivity index (χ2v) is 5.49. The van der Waals surface area contributed by atoms with Crippen molar-refractivity contribution in [3.05, 3.63) is 69.9 Å². The molecule has 0 saturated carbocycles. The molecular weight excluding hydrogens is 305 g/mol. The Kier molecular flexibility index (Phi) is 5.11. The molecule has 1 N–H and O–H groups in total. The smallest absolute Gasteiger partial charge is 0.128 e. The lowest BCUT2D eigenvalue weighted by Crippen LogP contribution is -2.22. The van der Waals surface area contributed by atoms with E-state index in [0.717, 1.165) is 17.4 Å². The predicted molar refractivity (Wildman–Crippen MR) is 80.7 cm³/mol. The van der Waals surface area contributed by atoms with Crippen molar-refractivity contribution in [2.75, 3.05) is 6.54 Å². The maximum atomic E-state index is 13.7. The monoisotopic (exact) mass is 321 g/mol. The summed E-state index contributed by atoms with van der Waals surface area (Å²) in [7, 11) is 0. The summed E-state index contributed by atoms with van der Waals surface area (Å²) in [6.07, 6.45) is 0.945. The van der Waals surface area contributed by atoms with Crippen LogP contribution in [0, 0.1) is 5.82 Å². The fourth-order valence-electron chi connectivity index (χ4n) is 2.03. The van der Waals surface area contributed by atoms with Gasteiger partial charge >= 0.3 is 0 Å². The van der Waals surface area contributed by atoms with Gasteiger partial charge in [0.2, 0.25) is 0 Å². The summed E-state index contributed by atoms with van der Waals surface area (Å²) in [5.74, 6) is -0.164.